The number of halogens is 1. The molecule has 3 rings (SSSR count). The summed E-state index contributed by atoms with van der Waals surface area (Å²) < 4.78 is 33.2. The Labute approximate surface area is 144 Å². The lowest BCUT2D eigenvalue weighted by atomic mass is 10.2. The SMILES string of the molecule is COc1cccc(CN2CN(C)c3ccc(Br)cc3S2(=O)=O)c1. The summed E-state index contributed by atoms with van der Waals surface area (Å²) in [5.41, 5.74) is 1.61. The van der Waals surface area contributed by atoms with E-state index in [0.29, 0.717) is 23.9 Å². The standard InChI is InChI=1S/C16H17BrN2O3S/c1-18-11-19(10-12-4-3-5-14(8-12)22-2)23(20,21)16-9-13(17)6-7-15(16)18/h3-9H,10-11H2,1-2H3. The first-order chi connectivity index (χ1) is 10.9. The van der Waals surface area contributed by atoms with Gasteiger partial charge in [0.1, 0.15) is 10.6 Å². The minimum Gasteiger partial charge on any atom is -0.497 e. The third kappa shape index (κ3) is 3.08. The van der Waals surface area contributed by atoms with Crippen molar-refractivity contribution in [1.82, 2.24) is 4.31 Å². The van der Waals surface area contributed by atoms with Gasteiger partial charge in [-0.15, -0.1) is 0 Å². The fraction of sp³-hybridized carbons (Fsp3) is 0.250. The third-order valence-corrected chi connectivity index (χ3v) is 6.11. The van der Waals surface area contributed by atoms with E-state index >= 15 is 0 Å². The van der Waals surface area contributed by atoms with Gasteiger partial charge >= 0.3 is 0 Å². The summed E-state index contributed by atoms with van der Waals surface area (Å²) in [7, 11) is -0.0508. The van der Waals surface area contributed by atoms with E-state index in [0.717, 1.165) is 15.7 Å². The maximum Gasteiger partial charge on any atom is 0.247 e. The smallest absolute Gasteiger partial charge is 0.247 e. The van der Waals surface area contributed by atoms with Gasteiger partial charge in [-0.2, -0.15) is 4.31 Å². The number of methoxy groups -OCH3 is 1. The van der Waals surface area contributed by atoms with E-state index in [9.17, 15) is 8.42 Å². The average Bonchev–Trinajstić information content (AvgIpc) is 2.53. The van der Waals surface area contributed by atoms with Crippen molar-refractivity contribution in [2.24, 2.45) is 0 Å². The van der Waals surface area contributed by atoms with Crippen molar-refractivity contribution in [3.05, 3.63) is 52.5 Å². The predicted octanol–water partition coefficient (Wildman–Crippen LogP) is 3.06. The van der Waals surface area contributed by atoms with Crippen LogP contribution in [0.2, 0.25) is 0 Å². The van der Waals surface area contributed by atoms with Gasteiger partial charge in [0.25, 0.3) is 0 Å². The average molecular weight is 397 g/mol. The van der Waals surface area contributed by atoms with Crippen LogP contribution in [0, 0.1) is 0 Å². The molecule has 0 bridgehead atoms. The maximum atomic E-state index is 12.9. The third-order valence-electron chi connectivity index (χ3n) is 3.81. The molecule has 2 aromatic rings. The van der Waals surface area contributed by atoms with Crippen LogP contribution in [0.15, 0.2) is 51.8 Å². The second-order valence-corrected chi connectivity index (χ2v) is 8.24. The molecule has 1 aliphatic heterocycles. The number of anilines is 1. The second-order valence-electron chi connectivity index (χ2n) is 5.42. The van der Waals surface area contributed by atoms with E-state index in [1.807, 2.05) is 48.3 Å². The Kier molecular flexibility index (Phi) is 4.35. The van der Waals surface area contributed by atoms with Crippen molar-refractivity contribution >= 4 is 31.6 Å². The van der Waals surface area contributed by atoms with Gasteiger partial charge in [0.15, 0.2) is 0 Å². The van der Waals surface area contributed by atoms with Gasteiger partial charge < -0.3 is 9.64 Å². The molecule has 0 saturated heterocycles. The Balaban J connectivity index is 1.98. The van der Waals surface area contributed by atoms with Crippen molar-refractivity contribution < 1.29 is 13.2 Å². The molecule has 0 saturated carbocycles. The van der Waals surface area contributed by atoms with Gasteiger partial charge in [0.05, 0.1) is 19.5 Å². The van der Waals surface area contributed by atoms with Gasteiger partial charge in [-0.1, -0.05) is 28.1 Å². The van der Waals surface area contributed by atoms with E-state index in [1.54, 1.807) is 13.2 Å². The largest absolute Gasteiger partial charge is 0.497 e. The molecule has 0 atom stereocenters. The molecule has 5 nitrogen and oxygen atoms in total. The van der Waals surface area contributed by atoms with Gasteiger partial charge in [-0.3, -0.25) is 0 Å². The molecule has 0 radical (unpaired) electrons. The van der Waals surface area contributed by atoms with Crippen LogP contribution < -0.4 is 9.64 Å². The Hall–Kier alpha value is -1.57. The fourth-order valence-electron chi connectivity index (χ4n) is 2.65. The van der Waals surface area contributed by atoms with E-state index in [4.69, 9.17) is 4.74 Å². The summed E-state index contributed by atoms with van der Waals surface area (Å²) in [6, 6.07) is 12.8. The van der Waals surface area contributed by atoms with Crippen molar-refractivity contribution in [3.8, 4) is 5.75 Å². The van der Waals surface area contributed by atoms with Crippen LogP contribution in [0.1, 0.15) is 5.56 Å². The van der Waals surface area contributed by atoms with Crippen molar-refractivity contribution in [3.63, 3.8) is 0 Å². The van der Waals surface area contributed by atoms with Crippen molar-refractivity contribution in [2.45, 2.75) is 11.4 Å². The molecule has 23 heavy (non-hydrogen) atoms. The van der Waals surface area contributed by atoms with Crippen LogP contribution in [0.4, 0.5) is 5.69 Å². The van der Waals surface area contributed by atoms with Crippen LogP contribution >= 0.6 is 15.9 Å². The summed E-state index contributed by atoms with van der Waals surface area (Å²) in [5.74, 6) is 0.716. The molecule has 0 unspecified atom stereocenters. The molecule has 7 heteroatoms. The zero-order chi connectivity index (χ0) is 16.6. The minimum absolute atomic E-state index is 0.301. The van der Waals surface area contributed by atoms with Crippen LogP contribution in [-0.4, -0.2) is 33.5 Å². The number of hydrogen-bond donors (Lipinski definition) is 0. The van der Waals surface area contributed by atoms with E-state index in [-0.39, 0.29) is 0 Å². The normalized spacial score (nSPS) is 16.9. The van der Waals surface area contributed by atoms with E-state index in [1.165, 1.54) is 4.31 Å². The first-order valence-electron chi connectivity index (χ1n) is 7.05. The van der Waals surface area contributed by atoms with Crippen LogP contribution in [0.5, 0.6) is 5.75 Å². The summed E-state index contributed by atoms with van der Waals surface area (Å²) in [5, 5.41) is 0. The van der Waals surface area contributed by atoms with E-state index in [2.05, 4.69) is 15.9 Å². The summed E-state index contributed by atoms with van der Waals surface area (Å²) in [6.45, 7) is 0.615. The predicted molar refractivity (Wildman–Crippen MR) is 93.1 cm³/mol. The number of sulfonamides is 1. The number of rotatable bonds is 3. The number of hydrogen-bond acceptors (Lipinski definition) is 4. The topological polar surface area (TPSA) is 49.9 Å². The van der Waals surface area contributed by atoms with Crippen LogP contribution in [-0.2, 0) is 16.6 Å². The molecule has 0 aliphatic carbocycles. The monoisotopic (exact) mass is 396 g/mol. The maximum absolute atomic E-state index is 12.9. The summed E-state index contributed by atoms with van der Waals surface area (Å²) >= 11 is 3.35. The molecule has 0 N–H and O–H groups in total. The highest BCUT2D eigenvalue weighted by Crippen LogP contribution is 2.35. The first-order valence-corrected chi connectivity index (χ1v) is 9.29. The van der Waals surface area contributed by atoms with Gasteiger partial charge in [-0.05, 0) is 35.9 Å². The zero-order valence-corrected chi connectivity index (χ0v) is 15.3. The molecule has 1 heterocycles. The first kappa shape index (κ1) is 16.3. The second kappa shape index (κ2) is 6.14. The molecule has 122 valence electrons. The highest BCUT2D eigenvalue weighted by atomic mass is 79.9. The fourth-order valence-corrected chi connectivity index (χ4v) is 4.85. The summed E-state index contributed by atoms with van der Waals surface area (Å²) in [6.07, 6.45) is 0. The van der Waals surface area contributed by atoms with Gasteiger partial charge in [0.2, 0.25) is 10.0 Å². The number of ether oxygens (including phenoxy) is 1. The van der Waals surface area contributed by atoms with Crippen LogP contribution in [0.25, 0.3) is 0 Å². The Morgan fingerprint density at radius 2 is 2.00 bits per heavy atom. The minimum atomic E-state index is -3.54. The molecule has 2 aromatic carbocycles. The Bertz CT molecular complexity index is 839. The molecule has 0 fully saturated rings. The number of fused-ring (bicyclic) bond motifs is 1. The van der Waals surface area contributed by atoms with Gasteiger partial charge in [0, 0.05) is 18.1 Å². The van der Waals surface area contributed by atoms with E-state index < -0.39 is 10.0 Å². The highest BCUT2D eigenvalue weighted by molar-refractivity contribution is 9.10. The number of benzene rings is 2. The lowest BCUT2D eigenvalue weighted by Gasteiger charge is -2.35. The molecule has 0 aromatic heterocycles. The Morgan fingerprint density at radius 3 is 2.74 bits per heavy atom. The molecule has 0 spiro atoms. The van der Waals surface area contributed by atoms with Gasteiger partial charge in [-0.25, -0.2) is 8.42 Å². The van der Waals surface area contributed by atoms with Crippen molar-refractivity contribution in [1.29, 1.82) is 0 Å². The molecular formula is C16H17BrN2O3S. The zero-order valence-electron chi connectivity index (χ0n) is 12.9. The quantitative estimate of drug-likeness (QED) is 0.799. The molecular weight excluding hydrogens is 380 g/mol. The lowest BCUT2D eigenvalue weighted by Crippen LogP contribution is -2.44. The number of nitrogens with zero attached hydrogens (tertiary/aromatic N) is 2. The Morgan fingerprint density at radius 1 is 1.22 bits per heavy atom. The molecule has 0 amide bonds. The van der Waals surface area contributed by atoms with Crippen LogP contribution in [0.3, 0.4) is 0 Å². The highest BCUT2D eigenvalue weighted by Gasteiger charge is 2.34. The molecule has 1 aliphatic rings. The summed E-state index contributed by atoms with van der Waals surface area (Å²) in [4.78, 5) is 2.26. The van der Waals surface area contributed by atoms with Crippen molar-refractivity contribution in [2.75, 3.05) is 25.7 Å². The lowest BCUT2D eigenvalue weighted by molar-refractivity contribution is 0.393.